The molecule has 1 heterocycles. The predicted molar refractivity (Wildman–Crippen MR) is 46.6 cm³/mol. The SMILES string of the molecule is Nc1ncc(CC2CCCC2)o1. The summed E-state index contributed by atoms with van der Waals surface area (Å²) < 4.78 is 5.21. The Morgan fingerprint density at radius 1 is 1.50 bits per heavy atom. The Kier molecular flexibility index (Phi) is 2.02. The first-order chi connectivity index (χ1) is 5.84. The fourth-order valence-electron chi connectivity index (χ4n) is 1.92. The summed E-state index contributed by atoms with van der Waals surface area (Å²) in [4.78, 5) is 3.87. The van der Waals surface area contributed by atoms with Crippen molar-refractivity contribution in [3.05, 3.63) is 12.0 Å². The summed E-state index contributed by atoms with van der Waals surface area (Å²) in [6, 6.07) is 0.294. The minimum absolute atomic E-state index is 0.294. The van der Waals surface area contributed by atoms with Crippen molar-refractivity contribution in [3.8, 4) is 0 Å². The summed E-state index contributed by atoms with van der Waals surface area (Å²) in [6.45, 7) is 0. The maximum Gasteiger partial charge on any atom is 0.292 e. The molecule has 3 nitrogen and oxygen atoms in total. The van der Waals surface area contributed by atoms with Crippen LogP contribution < -0.4 is 5.73 Å². The van der Waals surface area contributed by atoms with Gasteiger partial charge >= 0.3 is 0 Å². The molecule has 0 aromatic carbocycles. The molecule has 1 aromatic heterocycles. The van der Waals surface area contributed by atoms with E-state index in [1.807, 2.05) is 0 Å². The van der Waals surface area contributed by atoms with E-state index in [0.29, 0.717) is 6.01 Å². The highest BCUT2D eigenvalue weighted by atomic mass is 16.4. The normalized spacial score (nSPS) is 18.7. The number of aromatic nitrogens is 1. The summed E-state index contributed by atoms with van der Waals surface area (Å²) in [5.41, 5.74) is 5.38. The summed E-state index contributed by atoms with van der Waals surface area (Å²) in [5.74, 6) is 1.75. The van der Waals surface area contributed by atoms with Gasteiger partial charge in [-0.25, -0.2) is 4.98 Å². The lowest BCUT2D eigenvalue weighted by Crippen LogP contribution is -1.96. The Labute approximate surface area is 72.0 Å². The van der Waals surface area contributed by atoms with Crippen LogP contribution in [0.25, 0.3) is 0 Å². The Morgan fingerprint density at radius 3 is 2.83 bits per heavy atom. The number of hydrogen-bond donors (Lipinski definition) is 1. The molecule has 0 amide bonds. The molecule has 0 spiro atoms. The molecule has 1 aliphatic carbocycles. The van der Waals surface area contributed by atoms with Crippen molar-refractivity contribution in [1.29, 1.82) is 0 Å². The number of hydrogen-bond acceptors (Lipinski definition) is 3. The lowest BCUT2D eigenvalue weighted by molar-refractivity contribution is 0.452. The Bertz CT molecular complexity index is 251. The zero-order valence-electron chi connectivity index (χ0n) is 7.12. The van der Waals surface area contributed by atoms with Gasteiger partial charge < -0.3 is 10.2 Å². The van der Waals surface area contributed by atoms with E-state index in [1.54, 1.807) is 6.20 Å². The molecule has 0 bridgehead atoms. The molecular weight excluding hydrogens is 152 g/mol. The van der Waals surface area contributed by atoms with Gasteiger partial charge in [0.15, 0.2) is 0 Å². The van der Waals surface area contributed by atoms with Crippen LogP contribution in [0.1, 0.15) is 31.4 Å². The second-order valence-corrected chi connectivity index (χ2v) is 3.52. The van der Waals surface area contributed by atoms with E-state index in [2.05, 4.69) is 4.98 Å². The van der Waals surface area contributed by atoms with Gasteiger partial charge in [0.2, 0.25) is 0 Å². The molecule has 1 aliphatic rings. The molecule has 1 aromatic rings. The second-order valence-electron chi connectivity index (χ2n) is 3.52. The third kappa shape index (κ3) is 1.60. The fraction of sp³-hybridized carbons (Fsp3) is 0.667. The standard InChI is InChI=1S/C9H14N2O/c10-9-11-6-8(12-9)5-7-3-1-2-4-7/h6-7H,1-5H2,(H2,10,11). The predicted octanol–water partition coefficient (Wildman–Crippen LogP) is 1.99. The van der Waals surface area contributed by atoms with Gasteiger partial charge in [0.1, 0.15) is 5.76 Å². The average molecular weight is 166 g/mol. The molecule has 2 rings (SSSR count). The first-order valence-electron chi connectivity index (χ1n) is 4.55. The quantitative estimate of drug-likeness (QED) is 0.731. The van der Waals surface area contributed by atoms with Gasteiger partial charge in [0.05, 0.1) is 6.20 Å². The van der Waals surface area contributed by atoms with Crippen LogP contribution in [0.2, 0.25) is 0 Å². The molecule has 12 heavy (non-hydrogen) atoms. The van der Waals surface area contributed by atoms with Crippen LogP contribution in [-0.4, -0.2) is 4.98 Å². The topological polar surface area (TPSA) is 52.0 Å². The molecule has 0 radical (unpaired) electrons. The summed E-state index contributed by atoms with van der Waals surface area (Å²) in [7, 11) is 0. The van der Waals surface area contributed by atoms with Crippen molar-refractivity contribution >= 4 is 6.01 Å². The molecule has 1 saturated carbocycles. The molecule has 0 unspecified atom stereocenters. The van der Waals surface area contributed by atoms with Crippen LogP contribution in [0.5, 0.6) is 0 Å². The van der Waals surface area contributed by atoms with Gasteiger partial charge in [0.25, 0.3) is 6.01 Å². The molecule has 66 valence electrons. The summed E-state index contributed by atoms with van der Waals surface area (Å²) in [6.07, 6.45) is 8.17. The number of nitrogens with zero attached hydrogens (tertiary/aromatic N) is 1. The zero-order chi connectivity index (χ0) is 8.39. The highest BCUT2D eigenvalue weighted by Crippen LogP contribution is 2.28. The highest BCUT2D eigenvalue weighted by Gasteiger charge is 2.16. The van der Waals surface area contributed by atoms with E-state index in [1.165, 1.54) is 25.7 Å². The minimum atomic E-state index is 0.294. The van der Waals surface area contributed by atoms with E-state index >= 15 is 0 Å². The largest absolute Gasteiger partial charge is 0.429 e. The van der Waals surface area contributed by atoms with Gasteiger partial charge in [0, 0.05) is 6.42 Å². The maximum atomic E-state index is 5.38. The van der Waals surface area contributed by atoms with Crippen LogP contribution in [-0.2, 0) is 6.42 Å². The van der Waals surface area contributed by atoms with Crippen molar-refractivity contribution in [1.82, 2.24) is 4.98 Å². The summed E-state index contributed by atoms with van der Waals surface area (Å²) >= 11 is 0. The van der Waals surface area contributed by atoms with E-state index in [0.717, 1.165) is 18.1 Å². The third-order valence-electron chi connectivity index (χ3n) is 2.54. The molecule has 0 aliphatic heterocycles. The Hall–Kier alpha value is -0.990. The van der Waals surface area contributed by atoms with Crippen LogP contribution >= 0.6 is 0 Å². The minimum Gasteiger partial charge on any atom is -0.429 e. The molecule has 0 atom stereocenters. The zero-order valence-corrected chi connectivity index (χ0v) is 7.12. The van der Waals surface area contributed by atoms with Gasteiger partial charge in [-0.1, -0.05) is 25.7 Å². The highest BCUT2D eigenvalue weighted by molar-refractivity contribution is 5.11. The lowest BCUT2D eigenvalue weighted by atomic mass is 10.0. The second kappa shape index (κ2) is 3.17. The van der Waals surface area contributed by atoms with Crippen molar-refractivity contribution in [2.45, 2.75) is 32.1 Å². The van der Waals surface area contributed by atoms with Crippen molar-refractivity contribution < 1.29 is 4.42 Å². The van der Waals surface area contributed by atoms with Gasteiger partial charge in [-0.3, -0.25) is 0 Å². The van der Waals surface area contributed by atoms with E-state index < -0.39 is 0 Å². The van der Waals surface area contributed by atoms with Gasteiger partial charge in [-0.15, -0.1) is 0 Å². The van der Waals surface area contributed by atoms with Crippen LogP contribution in [0, 0.1) is 5.92 Å². The number of nitrogens with two attached hydrogens (primary N) is 1. The smallest absolute Gasteiger partial charge is 0.292 e. The molecule has 2 N–H and O–H groups in total. The van der Waals surface area contributed by atoms with Crippen LogP contribution in [0.15, 0.2) is 10.6 Å². The molecule has 3 heteroatoms. The lowest BCUT2D eigenvalue weighted by Gasteiger charge is -2.03. The number of nitrogen functional groups attached to an aromatic ring is 1. The van der Waals surface area contributed by atoms with Gasteiger partial charge in [-0.05, 0) is 5.92 Å². The van der Waals surface area contributed by atoms with Gasteiger partial charge in [-0.2, -0.15) is 0 Å². The molecule has 0 saturated heterocycles. The fourth-order valence-corrected chi connectivity index (χ4v) is 1.92. The van der Waals surface area contributed by atoms with Crippen LogP contribution in [0.4, 0.5) is 6.01 Å². The molecule has 1 fully saturated rings. The average Bonchev–Trinajstić information content (AvgIpc) is 2.63. The summed E-state index contributed by atoms with van der Waals surface area (Å²) in [5, 5.41) is 0. The van der Waals surface area contributed by atoms with E-state index in [9.17, 15) is 0 Å². The monoisotopic (exact) mass is 166 g/mol. The Balaban J connectivity index is 1.94. The van der Waals surface area contributed by atoms with Crippen molar-refractivity contribution in [2.24, 2.45) is 5.92 Å². The maximum absolute atomic E-state index is 5.38. The Morgan fingerprint density at radius 2 is 2.25 bits per heavy atom. The number of anilines is 1. The number of rotatable bonds is 2. The first kappa shape index (κ1) is 7.65. The number of oxazole rings is 1. The molecular formula is C9H14N2O. The van der Waals surface area contributed by atoms with Crippen molar-refractivity contribution in [3.63, 3.8) is 0 Å². The van der Waals surface area contributed by atoms with E-state index in [-0.39, 0.29) is 0 Å². The first-order valence-corrected chi connectivity index (χ1v) is 4.55. The third-order valence-corrected chi connectivity index (χ3v) is 2.54. The van der Waals surface area contributed by atoms with Crippen molar-refractivity contribution in [2.75, 3.05) is 5.73 Å². The van der Waals surface area contributed by atoms with E-state index in [4.69, 9.17) is 10.2 Å². The van der Waals surface area contributed by atoms with Crippen LogP contribution in [0.3, 0.4) is 0 Å².